The van der Waals surface area contributed by atoms with E-state index in [2.05, 4.69) is 31.7 Å². The number of nitrogens with two attached hydrogens (primary N) is 1. The molecule has 0 aliphatic carbocycles. The van der Waals surface area contributed by atoms with Crippen LogP contribution in [0.5, 0.6) is 0 Å². The monoisotopic (exact) mass is 334 g/mol. The topological polar surface area (TPSA) is 71.7 Å². The number of rotatable bonds is 7. The van der Waals surface area contributed by atoms with Crippen LogP contribution in [0.4, 0.5) is 0 Å². The van der Waals surface area contributed by atoms with Gasteiger partial charge in [0.1, 0.15) is 0 Å². The van der Waals surface area contributed by atoms with Crippen molar-refractivity contribution < 1.29 is 4.74 Å². The Labute approximate surface area is 120 Å². The molecule has 0 unspecified atom stereocenters. The highest BCUT2D eigenvalue weighted by Gasteiger charge is 1.98. The number of hydrazine groups is 1. The molecule has 0 amide bonds. The summed E-state index contributed by atoms with van der Waals surface area (Å²) in [4.78, 5) is 5.55. The van der Waals surface area contributed by atoms with Crippen molar-refractivity contribution in [2.75, 3.05) is 19.8 Å². The molecule has 0 atom stereocenters. The van der Waals surface area contributed by atoms with E-state index in [1.54, 1.807) is 11.3 Å². The molecule has 1 rings (SSSR count). The number of thiophene rings is 1. The molecule has 0 fully saturated rings. The van der Waals surface area contributed by atoms with Crippen LogP contribution in [0.15, 0.2) is 20.9 Å². The highest BCUT2D eigenvalue weighted by atomic mass is 79.9. The molecule has 0 spiro atoms. The first-order valence-corrected chi connectivity index (χ1v) is 7.44. The van der Waals surface area contributed by atoms with E-state index in [-0.39, 0.29) is 0 Å². The number of nitrogens with one attached hydrogen (secondary N) is 2. The minimum Gasteiger partial charge on any atom is -0.382 e. The molecule has 4 N–H and O–H groups in total. The van der Waals surface area contributed by atoms with Crippen LogP contribution in [-0.2, 0) is 11.3 Å². The summed E-state index contributed by atoms with van der Waals surface area (Å²) in [6, 6.07) is 4.06. The maximum atomic E-state index is 5.40. The molecule has 0 aliphatic rings. The molecule has 0 radical (unpaired) electrons. The van der Waals surface area contributed by atoms with Gasteiger partial charge in [0.15, 0.2) is 0 Å². The fraction of sp³-hybridized carbons (Fsp3) is 0.545. The van der Waals surface area contributed by atoms with Crippen molar-refractivity contribution >= 4 is 33.2 Å². The molecular formula is C11H19BrN4OS. The third kappa shape index (κ3) is 6.34. The lowest BCUT2D eigenvalue weighted by Gasteiger charge is -2.08. The van der Waals surface area contributed by atoms with Gasteiger partial charge in [-0.15, -0.1) is 11.3 Å². The zero-order valence-corrected chi connectivity index (χ0v) is 12.8. The molecule has 0 saturated heterocycles. The van der Waals surface area contributed by atoms with Gasteiger partial charge >= 0.3 is 0 Å². The smallest absolute Gasteiger partial charge is 0.206 e. The Balaban J connectivity index is 2.27. The SMILES string of the molecule is CCOCCCNC(=NCc1ccc(Br)s1)NN. The van der Waals surface area contributed by atoms with Crippen LogP contribution in [0.2, 0.25) is 0 Å². The van der Waals surface area contributed by atoms with Crippen molar-refractivity contribution in [3.63, 3.8) is 0 Å². The molecule has 0 saturated carbocycles. The average molecular weight is 335 g/mol. The number of guanidine groups is 1. The number of hydrogen-bond acceptors (Lipinski definition) is 4. The molecule has 0 aromatic carbocycles. The summed E-state index contributed by atoms with van der Waals surface area (Å²) < 4.78 is 6.36. The summed E-state index contributed by atoms with van der Waals surface area (Å²) in [5.41, 5.74) is 2.56. The predicted octanol–water partition coefficient (Wildman–Crippen LogP) is 1.85. The number of aliphatic imine (C=N–C) groups is 1. The van der Waals surface area contributed by atoms with E-state index in [0.717, 1.165) is 30.0 Å². The number of halogens is 1. The van der Waals surface area contributed by atoms with Gasteiger partial charge in [-0.25, -0.2) is 10.8 Å². The van der Waals surface area contributed by atoms with Gasteiger partial charge in [-0.3, -0.25) is 5.43 Å². The average Bonchev–Trinajstić information content (AvgIpc) is 2.78. The van der Waals surface area contributed by atoms with Gasteiger partial charge in [-0.05, 0) is 41.4 Å². The van der Waals surface area contributed by atoms with Gasteiger partial charge < -0.3 is 10.1 Å². The Kier molecular flexibility index (Phi) is 7.99. The Morgan fingerprint density at radius 2 is 2.39 bits per heavy atom. The molecule has 18 heavy (non-hydrogen) atoms. The summed E-state index contributed by atoms with van der Waals surface area (Å²) in [5, 5.41) is 3.13. The molecule has 102 valence electrons. The molecule has 0 aliphatic heterocycles. The third-order valence-corrected chi connectivity index (χ3v) is 3.73. The molecule has 1 aromatic heterocycles. The van der Waals surface area contributed by atoms with E-state index in [1.807, 2.05) is 19.1 Å². The van der Waals surface area contributed by atoms with Crippen LogP contribution in [-0.4, -0.2) is 25.7 Å². The lowest BCUT2D eigenvalue weighted by atomic mass is 10.4. The molecule has 5 nitrogen and oxygen atoms in total. The standard InChI is InChI=1S/C11H19BrN4OS/c1-2-17-7-3-6-14-11(16-13)15-8-9-4-5-10(12)18-9/h4-5H,2-3,6-8,13H2,1H3,(H2,14,15,16). The maximum absolute atomic E-state index is 5.40. The van der Waals surface area contributed by atoms with E-state index < -0.39 is 0 Å². The second kappa shape index (κ2) is 9.32. The van der Waals surface area contributed by atoms with Crippen molar-refractivity contribution in [2.45, 2.75) is 19.9 Å². The Bertz CT molecular complexity index is 370. The van der Waals surface area contributed by atoms with E-state index in [4.69, 9.17) is 10.6 Å². The Hall–Kier alpha value is -0.630. The summed E-state index contributed by atoms with van der Waals surface area (Å²) >= 11 is 5.09. The third-order valence-electron chi connectivity index (χ3n) is 2.12. The Morgan fingerprint density at radius 1 is 1.56 bits per heavy atom. The Morgan fingerprint density at radius 3 is 3.00 bits per heavy atom. The highest BCUT2D eigenvalue weighted by Crippen LogP contribution is 2.22. The van der Waals surface area contributed by atoms with E-state index >= 15 is 0 Å². The van der Waals surface area contributed by atoms with Crippen LogP contribution in [0.1, 0.15) is 18.2 Å². The zero-order valence-electron chi connectivity index (χ0n) is 10.4. The van der Waals surface area contributed by atoms with E-state index in [9.17, 15) is 0 Å². The van der Waals surface area contributed by atoms with E-state index in [1.165, 1.54) is 4.88 Å². The minimum absolute atomic E-state index is 0.607. The summed E-state index contributed by atoms with van der Waals surface area (Å²) in [6.07, 6.45) is 0.930. The normalized spacial score (nSPS) is 11.6. The fourth-order valence-electron chi connectivity index (χ4n) is 1.27. The second-order valence-corrected chi connectivity index (χ2v) is 6.04. The van der Waals surface area contributed by atoms with Crippen LogP contribution in [0, 0.1) is 0 Å². The largest absolute Gasteiger partial charge is 0.382 e. The first-order valence-electron chi connectivity index (χ1n) is 5.83. The lowest BCUT2D eigenvalue weighted by Crippen LogP contribution is -2.42. The van der Waals surface area contributed by atoms with Gasteiger partial charge in [0.2, 0.25) is 5.96 Å². The van der Waals surface area contributed by atoms with Crippen LogP contribution < -0.4 is 16.6 Å². The quantitative estimate of drug-likeness (QED) is 0.234. The number of nitrogens with zero attached hydrogens (tertiary/aromatic N) is 1. The number of hydrogen-bond donors (Lipinski definition) is 3. The fourth-order valence-corrected chi connectivity index (χ4v) is 2.68. The molecule has 1 aromatic rings. The van der Waals surface area contributed by atoms with Gasteiger partial charge in [-0.1, -0.05) is 0 Å². The second-order valence-electron chi connectivity index (χ2n) is 3.49. The van der Waals surface area contributed by atoms with Crippen LogP contribution in [0.25, 0.3) is 0 Å². The minimum atomic E-state index is 0.607. The van der Waals surface area contributed by atoms with Gasteiger partial charge in [0.25, 0.3) is 0 Å². The zero-order chi connectivity index (χ0) is 13.2. The summed E-state index contributed by atoms with van der Waals surface area (Å²) in [7, 11) is 0. The molecular weight excluding hydrogens is 316 g/mol. The van der Waals surface area contributed by atoms with Crippen molar-refractivity contribution in [2.24, 2.45) is 10.8 Å². The van der Waals surface area contributed by atoms with Gasteiger partial charge in [0, 0.05) is 24.6 Å². The van der Waals surface area contributed by atoms with Crippen LogP contribution >= 0.6 is 27.3 Å². The molecule has 7 heteroatoms. The maximum Gasteiger partial charge on any atom is 0.206 e. The van der Waals surface area contributed by atoms with Crippen LogP contribution in [0.3, 0.4) is 0 Å². The van der Waals surface area contributed by atoms with Gasteiger partial charge in [-0.2, -0.15) is 0 Å². The van der Waals surface area contributed by atoms with Gasteiger partial charge in [0.05, 0.1) is 10.3 Å². The first-order chi connectivity index (χ1) is 8.76. The van der Waals surface area contributed by atoms with Crippen molar-refractivity contribution in [3.05, 3.63) is 20.8 Å². The first kappa shape index (κ1) is 15.4. The lowest BCUT2D eigenvalue weighted by molar-refractivity contribution is 0.145. The highest BCUT2D eigenvalue weighted by molar-refractivity contribution is 9.11. The van der Waals surface area contributed by atoms with Crippen molar-refractivity contribution in [1.29, 1.82) is 0 Å². The molecule has 1 heterocycles. The summed E-state index contributed by atoms with van der Waals surface area (Å²) in [6.45, 7) is 4.90. The van der Waals surface area contributed by atoms with Crippen molar-refractivity contribution in [3.8, 4) is 0 Å². The number of ether oxygens (including phenoxy) is 1. The summed E-state index contributed by atoms with van der Waals surface area (Å²) in [5.74, 6) is 6.01. The van der Waals surface area contributed by atoms with Crippen molar-refractivity contribution in [1.82, 2.24) is 10.7 Å². The molecule has 0 bridgehead atoms. The van der Waals surface area contributed by atoms with E-state index in [0.29, 0.717) is 12.5 Å². The predicted molar refractivity (Wildman–Crippen MR) is 79.6 cm³/mol.